The lowest BCUT2D eigenvalue weighted by molar-refractivity contribution is -0.126. The number of likely N-dealkylation sites (tertiary alicyclic amines) is 1. The number of hydrogen-bond donors (Lipinski definition) is 2. The van der Waals surface area contributed by atoms with Gasteiger partial charge in [-0.05, 0) is 123 Å². The molecule has 370 valence electrons. The first-order chi connectivity index (χ1) is 34.1. The fourth-order valence-electron chi connectivity index (χ4n) is 11.2. The third-order valence-electron chi connectivity index (χ3n) is 15.5. The van der Waals surface area contributed by atoms with Gasteiger partial charge in [-0.2, -0.15) is 20.4 Å². The highest BCUT2D eigenvalue weighted by Gasteiger charge is 2.32. The summed E-state index contributed by atoms with van der Waals surface area (Å²) >= 11 is 0. The number of carbonyl (C=O) groups is 2. The van der Waals surface area contributed by atoms with Crippen molar-refractivity contribution < 1.29 is 14.3 Å². The Morgan fingerprint density at radius 2 is 1.16 bits per heavy atom. The van der Waals surface area contributed by atoms with Crippen molar-refractivity contribution in [2.24, 2.45) is 11.8 Å². The molecule has 0 radical (unpaired) electrons. The van der Waals surface area contributed by atoms with E-state index in [0.29, 0.717) is 19.1 Å². The maximum Gasteiger partial charge on any atom is 0.223 e. The standard InChI is InChI=1S/C53H70N14O3/c1-35-10-14-42(15-11-35)66-38(4)46-37(3)56-58-50(48(46)60-66)64-27-20-41(21-28-64)53(69)55-34-44-8-6-23-63(44)24-7-9-45-47-39(5)67(43-16-12-36(2)13-17-43)61-49(47)51(59-57-45)65-25-18-40(19-26-65)52(68)54-22-29-62-30-32-70-33-31-62/h10-17,40-41,44H,6-9,18-34H2,1-5H3,(H,54,68)(H,55,69). The van der Waals surface area contributed by atoms with Crippen LogP contribution in [0.25, 0.3) is 33.2 Å². The average Bonchev–Trinajstić information content (AvgIpc) is 4.09. The lowest BCUT2D eigenvalue weighted by Crippen LogP contribution is -2.45. The van der Waals surface area contributed by atoms with Crippen molar-refractivity contribution in [1.82, 2.24) is 60.4 Å². The Labute approximate surface area is 411 Å². The number of fused-ring (bicyclic) bond motifs is 2. The van der Waals surface area contributed by atoms with E-state index < -0.39 is 0 Å². The molecule has 4 saturated heterocycles. The summed E-state index contributed by atoms with van der Waals surface area (Å²) in [5.74, 6) is 1.82. The van der Waals surface area contributed by atoms with Crippen LogP contribution in [0.1, 0.15) is 78.8 Å². The number of aromatic nitrogens is 8. The van der Waals surface area contributed by atoms with E-state index in [-0.39, 0.29) is 23.7 Å². The molecule has 4 aliphatic rings. The number of morpholine rings is 1. The van der Waals surface area contributed by atoms with Gasteiger partial charge in [0.05, 0.1) is 58.1 Å². The molecule has 0 aliphatic carbocycles. The Balaban J connectivity index is 0.743. The number of aryl methyl sites for hydroxylation is 6. The fraction of sp³-hybridized carbons (Fsp3) is 0.547. The highest BCUT2D eigenvalue weighted by Crippen LogP contribution is 2.34. The van der Waals surface area contributed by atoms with Gasteiger partial charge in [0.15, 0.2) is 11.6 Å². The minimum Gasteiger partial charge on any atom is -0.379 e. The van der Waals surface area contributed by atoms with Crippen molar-refractivity contribution in [2.75, 3.05) is 95.0 Å². The van der Waals surface area contributed by atoms with Crippen molar-refractivity contribution in [3.05, 3.63) is 82.4 Å². The Bertz CT molecular complexity index is 2780. The van der Waals surface area contributed by atoms with Crippen molar-refractivity contribution in [3.8, 4) is 11.4 Å². The Morgan fingerprint density at radius 1 is 0.614 bits per heavy atom. The first-order valence-electron chi connectivity index (χ1n) is 25.8. The molecule has 10 rings (SSSR count). The minimum atomic E-state index is -0.0403. The van der Waals surface area contributed by atoms with Crippen LogP contribution in [0.2, 0.25) is 0 Å². The number of benzene rings is 2. The monoisotopic (exact) mass is 951 g/mol. The molecule has 4 aliphatic heterocycles. The number of carbonyl (C=O) groups excluding carboxylic acids is 2. The maximum atomic E-state index is 13.7. The van der Waals surface area contributed by atoms with Crippen LogP contribution in [0.4, 0.5) is 11.6 Å². The molecule has 0 bridgehead atoms. The quantitative estimate of drug-likeness (QED) is 0.131. The second kappa shape index (κ2) is 21.1. The molecular weight excluding hydrogens is 881 g/mol. The highest BCUT2D eigenvalue weighted by molar-refractivity contribution is 5.93. The molecule has 4 fully saturated rings. The predicted molar refractivity (Wildman–Crippen MR) is 273 cm³/mol. The first-order valence-corrected chi connectivity index (χ1v) is 25.8. The zero-order chi connectivity index (χ0) is 48.3. The van der Waals surface area contributed by atoms with Crippen molar-refractivity contribution in [2.45, 2.75) is 92.0 Å². The molecular formula is C53H70N14O3. The van der Waals surface area contributed by atoms with Gasteiger partial charge < -0.3 is 25.2 Å². The molecule has 2 N–H and O–H groups in total. The molecule has 2 aromatic carbocycles. The van der Waals surface area contributed by atoms with Crippen LogP contribution in [-0.2, 0) is 20.7 Å². The number of hydrogen-bond acceptors (Lipinski definition) is 13. The maximum absolute atomic E-state index is 13.7. The Hall–Kier alpha value is -6.04. The van der Waals surface area contributed by atoms with Crippen molar-refractivity contribution >= 4 is 45.3 Å². The Morgan fingerprint density at radius 3 is 1.76 bits per heavy atom. The molecule has 70 heavy (non-hydrogen) atoms. The normalized spacial score (nSPS) is 18.9. The van der Waals surface area contributed by atoms with Gasteiger partial charge in [-0.3, -0.25) is 19.4 Å². The summed E-state index contributed by atoms with van der Waals surface area (Å²) in [6.45, 7) is 20.8. The van der Waals surface area contributed by atoms with E-state index in [9.17, 15) is 9.59 Å². The zero-order valence-electron chi connectivity index (χ0n) is 41.8. The van der Waals surface area contributed by atoms with Crippen LogP contribution in [0.3, 0.4) is 0 Å². The minimum absolute atomic E-state index is 0.0180. The van der Waals surface area contributed by atoms with E-state index >= 15 is 0 Å². The van der Waals surface area contributed by atoms with Gasteiger partial charge >= 0.3 is 0 Å². The van der Waals surface area contributed by atoms with Gasteiger partial charge in [-0.15, -0.1) is 10.2 Å². The summed E-state index contributed by atoms with van der Waals surface area (Å²) in [6.07, 6.45) is 6.93. The third-order valence-corrected chi connectivity index (χ3v) is 15.5. The van der Waals surface area contributed by atoms with Crippen LogP contribution >= 0.6 is 0 Å². The summed E-state index contributed by atoms with van der Waals surface area (Å²) in [7, 11) is 0. The Kier molecular flexibility index (Phi) is 14.4. The molecule has 6 aromatic rings. The molecule has 4 aromatic heterocycles. The van der Waals surface area contributed by atoms with Crippen LogP contribution in [-0.4, -0.2) is 153 Å². The van der Waals surface area contributed by atoms with Crippen molar-refractivity contribution in [3.63, 3.8) is 0 Å². The van der Waals surface area contributed by atoms with E-state index in [4.69, 9.17) is 25.1 Å². The topological polar surface area (TPSA) is 168 Å². The van der Waals surface area contributed by atoms with Crippen LogP contribution < -0.4 is 20.4 Å². The molecule has 17 heteroatoms. The lowest BCUT2D eigenvalue weighted by Gasteiger charge is -2.32. The number of rotatable bonds is 15. The summed E-state index contributed by atoms with van der Waals surface area (Å²) in [5.41, 5.74) is 10.1. The van der Waals surface area contributed by atoms with Crippen LogP contribution in [0, 0.1) is 46.5 Å². The molecule has 0 spiro atoms. The molecule has 2 amide bonds. The summed E-state index contributed by atoms with van der Waals surface area (Å²) < 4.78 is 9.50. The van der Waals surface area contributed by atoms with Gasteiger partial charge in [0.2, 0.25) is 11.8 Å². The smallest absolute Gasteiger partial charge is 0.223 e. The number of anilines is 2. The van der Waals surface area contributed by atoms with E-state index in [2.05, 4.69) is 117 Å². The summed E-state index contributed by atoms with van der Waals surface area (Å²) in [6, 6.07) is 17.2. The molecule has 1 atom stereocenters. The second-order valence-electron chi connectivity index (χ2n) is 20.1. The van der Waals surface area contributed by atoms with Crippen LogP contribution in [0.5, 0.6) is 0 Å². The molecule has 1 unspecified atom stereocenters. The third kappa shape index (κ3) is 10.1. The number of ether oxygens (including phenoxy) is 1. The fourth-order valence-corrected chi connectivity index (χ4v) is 11.2. The van der Waals surface area contributed by atoms with Gasteiger partial charge in [0.1, 0.15) is 11.0 Å². The summed E-state index contributed by atoms with van der Waals surface area (Å²) in [5, 5.41) is 38.0. The zero-order valence-corrected chi connectivity index (χ0v) is 41.8. The van der Waals surface area contributed by atoms with Gasteiger partial charge in [-0.1, -0.05) is 35.4 Å². The first kappa shape index (κ1) is 47.6. The van der Waals surface area contributed by atoms with Gasteiger partial charge in [0, 0.05) is 76.8 Å². The van der Waals surface area contributed by atoms with Crippen LogP contribution in [0.15, 0.2) is 48.5 Å². The SMILES string of the molecule is Cc1ccc(-n2nc3c(N4CCC(C(=O)NCC5CCCN5CCCc5nnc(N6CCC(C(=O)NCCN7CCOCC7)CC6)c6nn(-c7ccc(C)cc7)c(C)c56)CC4)nnc(C)c3c2C)cc1. The van der Waals surface area contributed by atoms with E-state index in [1.54, 1.807) is 0 Å². The lowest BCUT2D eigenvalue weighted by atomic mass is 9.95. The number of piperidine rings is 2. The molecule has 0 saturated carbocycles. The van der Waals surface area contributed by atoms with Gasteiger partial charge in [-0.25, -0.2) is 9.36 Å². The average molecular weight is 951 g/mol. The largest absolute Gasteiger partial charge is 0.379 e. The van der Waals surface area contributed by atoms with E-state index in [1.165, 1.54) is 11.1 Å². The highest BCUT2D eigenvalue weighted by atomic mass is 16.5. The number of nitrogens with zero attached hydrogens (tertiary/aromatic N) is 12. The van der Waals surface area contributed by atoms with E-state index in [1.807, 2.05) is 16.3 Å². The molecule has 8 heterocycles. The van der Waals surface area contributed by atoms with E-state index in [0.717, 1.165) is 191 Å². The summed E-state index contributed by atoms with van der Waals surface area (Å²) in [4.78, 5) is 36.3. The van der Waals surface area contributed by atoms with Gasteiger partial charge in [0.25, 0.3) is 0 Å². The number of amides is 2. The predicted octanol–water partition coefficient (Wildman–Crippen LogP) is 5.58. The molecule has 17 nitrogen and oxygen atoms in total. The van der Waals surface area contributed by atoms with Crippen molar-refractivity contribution in [1.29, 1.82) is 0 Å². The second-order valence-corrected chi connectivity index (χ2v) is 20.1. The number of nitrogens with one attached hydrogen (secondary N) is 2.